The fourth-order valence-corrected chi connectivity index (χ4v) is 2.80. The second-order valence-electron chi connectivity index (χ2n) is 5.74. The van der Waals surface area contributed by atoms with Crippen molar-refractivity contribution in [2.45, 2.75) is 20.8 Å². The Morgan fingerprint density at radius 2 is 2.00 bits per heavy atom. The van der Waals surface area contributed by atoms with Crippen molar-refractivity contribution < 1.29 is 14.1 Å². The number of amides is 1. The van der Waals surface area contributed by atoms with Crippen molar-refractivity contribution in [3.63, 3.8) is 0 Å². The number of benzene rings is 2. The molecule has 0 heterocycles. The summed E-state index contributed by atoms with van der Waals surface area (Å²) in [5.74, 6) is 4.54. The Kier molecular flexibility index (Phi) is 8.92. The molecule has 0 aliphatic carbocycles. The molecule has 0 aliphatic heterocycles. The SMILES string of the molecule is CCN(C#CSOON)c1ccc(N=Nc2ccc(C)cc2Cl)c(NC(C)=O)c1. The van der Waals surface area contributed by atoms with Crippen LogP contribution in [0.3, 0.4) is 0 Å². The predicted octanol–water partition coefficient (Wildman–Crippen LogP) is 5.24. The highest BCUT2D eigenvalue weighted by Crippen LogP contribution is 2.33. The van der Waals surface area contributed by atoms with Gasteiger partial charge in [-0.05, 0) is 49.7 Å². The highest BCUT2D eigenvalue weighted by Gasteiger charge is 2.09. The average molecular weight is 434 g/mol. The number of hydrogen-bond acceptors (Lipinski definition) is 8. The van der Waals surface area contributed by atoms with Crippen molar-refractivity contribution in [3.8, 4) is 11.3 Å². The smallest absolute Gasteiger partial charge is 0.221 e. The number of halogens is 1. The van der Waals surface area contributed by atoms with Crippen LogP contribution in [0.4, 0.5) is 22.7 Å². The molecule has 8 nitrogen and oxygen atoms in total. The van der Waals surface area contributed by atoms with E-state index >= 15 is 0 Å². The molecule has 0 unspecified atom stereocenters. The molecule has 3 N–H and O–H groups in total. The predicted molar refractivity (Wildman–Crippen MR) is 116 cm³/mol. The van der Waals surface area contributed by atoms with Crippen LogP contribution < -0.4 is 16.1 Å². The fraction of sp³-hybridized carbons (Fsp3) is 0.211. The van der Waals surface area contributed by atoms with Crippen molar-refractivity contribution in [2.75, 3.05) is 16.8 Å². The average Bonchev–Trinajstić information content (AvgIpc) is 2.68. The first-order chi connectivity index (χ1) is 13.9. The maximum absolute atomic E-state index is 11.6. The van der Waals surface area contributed by atoms with Crippen molar-refractivity contribution in [2.24, 2.45) is 16.1 Å². The van der Waals surface area contributed by atoms with Gasteiger partial charge >= 0.3 is 0 Å². The van der Waals surface area contributed by atoms with Crippen LogP contribution in [0.15, 0.2) is 46.6 Å². The van der Waals surface area contributed by atoms with Gasteiger partial charge in [-0.25, -0.2) is 0 Å². The third kappa shape index (κ3) is 7.05. The van der Waals surface area contributed by atoms with Gasteiger partial charge in [-0.2, -0.15) is 5.90 Å². The number of carbonyl (C=O) groups is 1. The summed E-state index contributed by atoms with van der Waals surface area (Å²) in [4.78, 5) is 17.4. The third-order valence-electron chi connectivity index (χ3n) is 3.58. The summed E-state index contributed by atoms with van der Waals surface area (Å²) in [5, 5.41) is 14.4. The number of nitrogens with one attached hydrogen (secondary N) is 1. The van der Waals surface area contributed by atoms with Gasteiger partial charge in [-0.3, -0.25) is 4.79 Å². The molecule has 2 aromatic carbocycles. The number of azo groups is 1. The molecule has 152 valence electrons. The Bertz CT molecular complexity index is 959. The maximum Gasteiger partial charge on any atom is 0.221 e. The molecule has 0 bridgehead atoms. The molecule has 0 radical (unpaired) electrons. The molecule has 2 rings (SSSR count). The first-order valence-electron chi connectivity index (χ1n) is 8.51. The lowest BCUT2D eigenvalue weighted by atomic mass is 10.2. The fourth-order valence-electron chi connectivity index (χ4n) is 2.31. The van der Waals surface area contributed by atoms with E-state index < -0.39 is 0 Å². The van der Waals surface area contributed by atoms with Crippen molar-refractivity contribution >= 4 is 52.3 Å². The van der Waals surface area contributed by atoms with Gasteiger partial charge in [-0.15, -0.1) is 19.6 Å². The van der Waals surface area contributed by atoms with E-state index in [0.717, 1.165) is 23.3 Å². The summed E-state index contributed by atoms with van der Waals surface area (Å²) >= 11 is 6.95. The van der Waals surface area contributed by atoms with E-state index in [1.807, 2.05) is 32.0 Å². The highest BCUT2D eigenvalue weighted by atomic mass is 35.5. The zero-order chi connectivity index (χ0) is 21.2. The van der Waals surface area contributed by atoms with E-state index in [2.05, 4.69) is 36.2 Å². The normalized spacial score (nSPS) is 10.5. The van der Waals surface area contributed by atoms with Crippen LogP contribution in [0.1, 0.15) is 19.4 Å². The summed E-state index contributed by atoms with van der Waals surface area (Å²) < 4.78 is 4.45. The number of rotatable bonds is 7. The third-order valence-corrected chi connectivity index (χ3v) is 4.21. The molecule has 0 saturated heterocycles. The molecule has 0 spiro atoms. The highest BCUT2D eigenvalue weighted by molar-refractivity contribution is 7.99. The molecular weight excluding hydrogens is 414 g/mol. The van der Waals surface area contributed by atoms with Crippen LogP contribution in [-0.2, 0) is 14.1 Å². The van der Waals surface area contributed by atoms with Gasteiger partial charge in [0.05, 0.1) is 16.4 Å². The lowest BCUT2D eigenvalue weighted by Gasteiger charge is -2.17. The first-order valence-corrected chi connectivity index (χ1v) is 9.63. The Labute approximate surface area is 178 Å². The number of anilines is 2. The minimum absolute atomic E-state index is 0.231. The largest absolute Gasteiger partial charge is 0.324 e. The number of carbonyl (C=O) groups excluding carboxylic acids is 1. The first kappa shape index (κ1) is 22.7. The molecule has 0 aliphatic rings. The molecule has 0 atom stereocenters. The Morgan fingerprint density at radius 1 is 1.28 bits per heavy atom. The number of nitrogens with zero attached hydrogens (tertiary/aromatic N) is 3. The summed E-state index contributed by atoms with van der Waals surface area (Å²) in [6, 6.07) is 13.7. The Morgan fingerprint density at radius 3 is 2.66 bits per heavy atom. The maximum atomic E-state index is 11.6. The molecule has 0 fully saturated rings. The van der Waals surface area contributed by atoms with Crippen LogP contribution in [0, 0.1) is 18.2 Å². The second-order valence-corrected chi connectivity index (χ2v) is 6.66. The van der Waals surface area contributed by atoms with Crippen LogP contribution in [0.25, 0.3) is 0 Å². The molecule has 0 aromatic heterocycles. The van der Waals surface area contributed by atoms with E-state index in [4.69, 9.17) is 17.5 Å². The van der Waals surface area contributed by atoms with Gasteiger partial charge in [0.25, 0.3) is 0 Å². The topological polar surface area (TPSA) is 102 Å². The Balaban J connectivity index is 2.33. The second kappa shape index (κ2) is 11.4. The number of hydrogen-bond donors (Lipinski definition) is 2. The molecular formula is C19H20ClN5O3S. The molecule has 29 heavy (non-hydrogen) atoms. The standard InChI is InChI=1S/C19H20ClN5O3S/c1-4-25(9-10-29-28-27-21)15-6-8-18(19(12-15)22-14(3)26)24-23-17-7-5-13(2)11-16(17)20/h5-8,11-12H,4,21H2,1-3H3,(H,22,26). The zero-order valence-corrected chi connectivity index (χ0v) is 17.7. The van der Waals surface area contributed by atoms with E-state index in [0.29, 0.717) is 28.6 Å². The Hall–Kier alpha value is -2.61. The van der Waals surface area contributed by atoms with Gasteiger partial charge in [0.2, 0.25) is 5.91 Å². The monoisotopic (exact) mass is 433 g/mol. The van der Waals surface area contributed by atoms with Crippen LogP contribution in [0.2, 0.25) is 5.02 Å². The van der Waals surface area contributed by atoms with Crippen LogP contribution in [0.5, 0.6) is 0 Å². The van der Waals surface area contributed by atoms with Gasteiger partial charge in [0.15, 0.2) is 0 Å². The molecule has 1 amide bonds. The summed E-state index contributed by atoms with van der Waals surface area (Å²) in [7, 11) is 0. The lowest BCUT2D eigenvalue weighted by molar-refractivity contribution is -0.194. The summed E-state index contributed by atoms with van der Waals surface area (Å²) in [6.07, 6.45) is 0. The molecule has 0 saturated carbocycles. The van der Waals surface area contributed by atoms with Gasteiger partial charge in [-0.1, -0.05) is 17.7 Å². The zero-order valence-electron chi connectivity index (χ0n) is 16.1. The minimum Gasteiger partial charge on any atom is -0.324 e. The van der Waals surface area contributed by atoms with E-state index in [1.165, 1.54) is 6.92 Å². The van der Waals surface area contributed by atoms with Gasteiger partial charge in [0, 0.05) is 24.8 Å². The van der Waals surface area contributed by atoms with Crippen molar-refractivity contribution in [1.29, 1.82) is 0 Å². The van der Waals surface area contributed by atoms with E-state index in [9.17, 15) is 4.79 Å². The van der Waals surface area contributed by atoms with E-state index in [-0.39, 0.29) is 5.91 Å². The van der Waals surface area contributed by atoms with Crippen molar-refractivity contribution in [1.82, 2.24) is 0 Å². The molecule has 2 aromatic rings. The number of nitrogens with two attached hydrogens (primary N) is 1. The molecule has 10 heteroatoms. The van der Waals surface area contributed by atoms with Crippen LogP contribution in [-0.4, -0.2) is 12.5 Å². The number of aryl methyl sites for hydroxylation is 1. The summed E-state index contributed by atoms with van der Waals surface area (Å²) in [6.45, 7) is 5.89. The van der Waals surface area contributed by atoms with Crippen molar-refractivity contribution in [3.05, 3.63) is 47.0 Å². The van der Waals surface area contributed by atoms with Gasteiger partial charge < -0.3 is 10.2 Å². The minimum atomic E-state index is -0.231. The van der Waals surface area contributed by atoms with E-state index in [1.54, 1.807) is 23.1 Å². The lowest BCUT2D eigenvalue weighted by Crippen LogP contribution is -2.16. The van der Waals surface area contributed by atoms with Crippen LogP contribution >= 0.6 is 23.6 Å². The van der Waals surface area contributed by atoms with Gasteiger partial charge in [0.1, 0.15) is 23.4 Å². The quantitative estimate of drug-likeness (QED) is 0.118. The summed E-state index contributed by atoms with van der Waals surface area (Å²) in [5.41, 5.74) is 3.30.